The Bertz CT molecular complexity index is 489. The van der Waals surface area contributed by atoms with Crippen molar-refractivity contribution in [3.63, 3.8) is 0 Å². The number of quaternary nitrogens is 1. The smallest absolute Gasteiger partial charge is 0.198 e. The van der Waals surface area contributed by atoms with Crippen LogP contribution < -0.4 is 9.89 Å². The van der Waals surface area contributed by atoms with E-state index in [1.165, 1.54) is 32.5 Å². The van der Waals surface area contributed by atoms with Crippen LogP contribution in [-0.4, -0.2) is 38.1 Å². The van der Waals surface area contributed by atoms with E-state index in [2.05, 4.69) is 25.1 Å². The van der Waals surface area contributed by atoms with Crippen molar-refractivity contribution in [2.75, 3.05) is 26.2 Å². The number of hydrogen-bond acceptors (Lipinski definition) is 2. The van der Waals surface area contributed by atoms with E-state index in [1.54, 1.807) is 11.2 Å². The summed E-state index contributed by atoms with van der Waals surface area (Å²) in [4.78, 5) is 5.28. The lowest BCUT2D eigenvalue weighted by Gasteiger charge is -2.41. The number of hydrogen-bond donors (Lipinski definition) is 2. The van der Waals surface area contributed by atoms with Crippen molar-refractivity contribution in [2.24, 2.45) is 5.41 Å². The van der Waals surface area contributed by atoms with Crippen LogP contribution in [0, 0.1) is 5.41 Å². The molecule has 2 aliphatic rings. The van der Waals surface area contributed by atoms with Crippen LogP contribution in [0.1, 0.15) is 45.3 Å². The first kappa shape index (κ1) is 15.8. The van der Waals surface area contributed by atoms with Crippen LogP contribution in [-0.2, 0) is 11.3 Å². The summed E-state index contributed by atoms with van der Waals surface area (Å²) >= 11 is 0. The fourth-order valence-corrected chi connectivity index (χ4v) is 4.17. The molecule has 122 valence electrons. The van der Waals surface area contributed by atoms with Crippen molar-refractivity contribution >= 4 is 6.21 Å². The average molecular weight is 306 g/mol. The van der Waals surface area contributed by atoms with Crippen molar-refractivity contribution in [3.05, 3.63) is 24.2 Å². The van der Waals surface area contributed by atoms with Gasteiger partial charge in [0.1, 0.15) is 5.41 Å². The highest BCUT2D eigenvalue weighted by molar-refractivity contribution is 5.60. The molecule has 0 saturated carbocycles. The van der Waals surface area contributed by atoms with Gasteiger partial charge in [-0.2, -0.15) is 0 Å². The highest BCUT2D eigenvalue weighted by Gasteiger charge is 2.45. The maximum Gasteiger partial charge on any atom is 0.198 e. The first-order chi connectivity index (χ1) is 10.6. The molecule has 1 aromatic heterocycles. The van der Waals surface area contributed by atoms with Gasteiger partial charge in [0.05, 0.1) is 31.5 Å². The molecular formula is C18H30N2O2+2. The number of nitrogens with one attached hydrogen (secondary N) is 2. The molecule has 1 atom stereocenters. The van der Waals surface area contributed by atoms with Crippen LogP contribution in [0.15, 0.2) is 22.8 Å². The van der Waals surface area contributed by atoms with Gasteiger partial charge in [-0.05, 0) is 38.8 Å². The van der Waals surface area contributed by atoms with Gasteiger partial charge in [0, 0.05) is 19.4 Å². The predicted octanol–water partition coefficient (Wildman–Crippen LogP) is 0.185. The molecule has 1 aromatic rings. The van der Waals surface area contributed by atoms with Gasteiger partial charge in [-0.1, -0.05) is 0 Å². The number of rotatable bonds is 5. The van der Waals surface area contributed by atoms with E-state index in [0.717, 1.165) is 31.8 Å². The zero-order valence-corrected chi connectivity index (χ0v) is 14.0. The maximum atomic E-state index is 5.96. The maximum absolute atomic E-state index is 5.96. The van der Waals surface area contributed by atoms with Gasteiger partial charge in [-0.3, -0.25) is 0 Å². The lowest BCUT2D eigenvalue weighted by Crippen LogP contribution is -3.11. The number of ether oxygens (including phenoxy) is 1. The van der Waals surface area contributed by atoms with Crippen LogP contribution >= 0.6 is 0 Å². The summed E-state index contributed by atoms with van der Waals surface area (Å²) in [6, 6.07) is 3.96. The Hall–Kier alpha value is -1.13. The van der Waals surface area contributed by atoms with Crippen LogP contribution in [0.25, 0.3) is 0 Å². The van der Waals surface area contributed by atoms with Gasteiger partial charge in [0.2, 0.25) is 0 Å². The highest BCUT2D eigenvalue weighted by atomic mass is 16.5. The lowest BCUT2D eigenvalue weighted by atomic mass is 9.74. The zero-order chi connectivity index (χ0) is 15.5. The summed E-state index contributed by atoms with van der Waals surface area (Å²) in [5.41, 5.74) is 0.203. The molecule has 2 fully saturated rings. The largest absolute Gasteiger partial charge is 0.463 e. The summed E-state index contributed by atoms with van der Waals surface area (Å²) < 4.78 is 11.4. The van der Waals surface area contributed by atoms with E-state index in [4.69, 9.17) is 9.15 Å². The normalized spacial score (nSPS) is 29.4. The molecule has 2 aliphatic heterocycles. The van der Waals surface area contributed by atoms with Crippen LogP contribution in [0.5, 0.6) is 0 Å². The summed E-state index contributed by atoms with van der Waals surface area (Å²) in [6.45, 7) is 9.96. The van der Waals surface area contributed by atoms with Gasteiger partial charge in [0.25, 0.3) is 0 Å². The molecule has 2 saturated heterocycles. The van der Waals surface area contributed by atoms with Gasteiger partial charge in [0.15, 0.2) is 18.5 Å². The van der Waals surface area contributed by atoms with E-state index in [-0.39, 0.29) is 11.0 Å². The molecule has 0 amide bonds. The molecule has 0 radical (unpaired) electrons. The van der Waals surface area contributed by atoms with Gasteiger partial charge < -0.3 is 14.1 Å². The van der Waals surface area contributed by atoms with Crippen molar-refractivity contribution in [1.82, 2.24) is 0 Å². The van der Waals surface area contributed by atoms with E-state index in [9.17, 15) is 0 Å². The SMILES string of the molecule is CC1(C)C[C@](C=[NH+]Cc2ccco2)(C[NH+]2CCCC2)CCO1. The Morgan fingerprint density at radius 2 is 2.14 bits per heavy atom. The van der Waals surface area contributed by atoms with Gasteiger partial charge in [-0.15, -0.1) is 0 Å². The quantitative estimate of drug-likeness (QED) is 0.762. The van der Waals surface area contributed by atoms with Crippen molar-refractivity contribution in [2.45, 2.75) is 51.7 Å². The van der Waals surface area contributed by atoms with Gasteiger partial charge >= 0.3 is 0 Å². The highest BCUT2D eigenvalue weighted by Crippen LogP contribution is 2.36. The molecule has 4 nitrogen and oxygen atoms in total. The zero-order valence-electron chi connectivity index (χ0n) is 14.0. The molecule has 4 heteroatoms. The van der Waals surface area contributed by atoms with Crippen LogP contribution in [0.3, 0.4) is 0 Å². The minimum Gasteiger partial charge on any atom is -0.463 e. The van der Waals surface area contributed by atoms with Crippen molar-refractivity contribution < 1.29 is 19.0 Å². The van der Waals surface area contributed by atoms with Gasteiger partial charge in [-0.25, -0.2) is 4.99 Å². The first-order valence-corrected chi connectivity index (χ1v) is 8.65. The molecule has 0 unspecified atom stereocenters. The molecule has 0 bridgehead atoms. The Morgan fingerprint density at radius 1 is 1.32 bits per heavy atom. The third kappa shape index (κ3) is 3.99. The Labute approximate surface area is 133 Å². The summed E-state index contributed by atoms with van der Waals surface area (Å²) in [5.74, 6) is 0.992. The third-order valence-electron chi connectivity index (χ3n) is 5.05. The molecular weight excluding hydrogens is 276 g/mol. The molecule has 3 heterocycles. The second-order valence-corrected chi connectivity index (χ2v) is 7.64. The van der Waals surface area contributed by atoms with Crippen LogP contribution in [0.2, 0.25) is 0 Å². The van der Waals surface area contributed by atoms with E-state index in [1.807, 2.05) is 12.1 Å². The molecule has 0 aromatic carbocycles. The lowest BCUT2D eigenvalue weighted by molar-refractivity contribution is -0.893. The third-order valence-corrected chi connectivity index (χ3v) is 5.05. The summed E-state index contributed by atoms with van der Waals surface area (Å²) in [7, 11) is 0. The molecule has 3 rings (SSSR count). The monoisotopic (exact) mass is 306 g/mol. The first-order valence-electron chi connectivity index (χ1n) is 8.65. The van der Waals surface area contributed by atoms with E-state index in [0.29, 0.717) is 0 Å². The number of likely N-dealkylation sites (tertiary alicyclic amines) is 1. The molecule has 0 aliphatic carbocycles. The Morgan fingerprint density at radius 3 is 2.82 bits per heavy atom. The average Bonchev–Trinajstić information content (AvgIpc) is 3.11. The van der Waals surface area contributed by atoms with Crippen molar-refractivity contribution in [3.8, 4) is 0 Å². The molecule has 22 heavy (non-hydrogen) atoms. The number of furan rings is 1. The summed E-state index contributed by atoms with van der Waals surface area (Å²) in [6.07, 6.45) is 9.06. The second-order valence-electron chi connectivity index (χ2n) is 7.64. The fraction of sp³-hybridized carbons (Fsp3) is 0.722. The molecule has 0 spiro atoms. The predicted molar refractivity (Wildman–Crippen MR) is 85.9 cm³/mol. The summed E-state index contributed by atoms with van der Waals surface area (Å²) in [5, 5.41) is 0. The van der Waals surface area contributed by atoms with E-state index < -0.39 is 0 Å². The Balaban J connectivity index is 1.71. The van der Waals surface area contributed by atoms with Crippen LogP contribution in [0.4, 0.5) is 0 Å². The standard InChI is InChI=1S/C18H28N2O2/c1-17(2)13-18(7-11-22-17,15-20-8-3-4-9-20)14-19-12-16-6-5-10-21-16/h5-6,10,14H,3-4,7-9,11-13,15H2,1-2H3/p+2/t18-/m1/s1. The Kier molecular flexibility index (Phi) is 4.69. The van der Waals surface area contributed by atoms with E-state index >= 15 is 0 Å². The minimum atomic E-state index is -0.0275. The van der Waals surface area contributed by atoms with Crippen molar-refractivity contribution in [1.29, 1.82) is 0 Å². The molecule has 2 N–H and O–H groups in total. The second kappa shape index (κ2) is 6.55. The fourth-order valence-electron chi connectivity index (χ4n) is 4.17. The topological polar surface area (TPSA) is 40.8 Å². The minimum absolute atomic E-state index is 0.0275.